The van der Waals surface area contributed by atoms with Crippen LogP contribution >= 0.6 is 0 Å². The van der Waals surface area contributed by atoms with E-state index >= 15 is 0 Å². The summed E-state index contributed by atoms with van der Waals surface area (Å²) in [5.74, 6) is 0.419. The number of hydrogen-bond acceptors (Lipinski definition) is 5. The van der Waals surface area contributed by atoms with Crippen molar-refractivity contribution in [1.29, 1.82) is 0 Å². The van der Waals surface area contributed by atoms with Crippen molar-refractivity contribution in [3.63, 3.8) is 0 Å². The molecule has 1 unspecified atom stereocenters. The van der Waals surface area contributed by atoms with E-state index in [0.29, 0.717) is 19.5 Å². The quantitative estimate of drug-likeness (QED) is 0.817. The van der Waals surface area contributed by atoms with Crippen LogP contribution in [0, 0.1) is 13.8 Å². The molecule has 2 fully saturated rings. The minimum atomic E-state index is -2.95. The Labute approximate surface area is 161 Å². The summed E-state index contributed by atoms with van der Waals surface area (Å²) in [5, 5.41) is 7.66. The van der Waals surface area contributed by atoms with Gasteiger partial charge in [-0.25, -0.2) is 13.2 Å². The van der Waals surface area contributed by atoms with Crippen LogP contribution in [0.4, 0.5) is 10.5 Å². The topological polar surface area (TPSA) is 87.5 Å². The largest absolute Gasteiger partial charge is 0.365 e. The number of nitrogens with zero attached hydrogens (tertiary/aromatic N) is 4. The molecule has 2 aliphatic rings. The SMILES string of the molecule is Cc1nn(C2CCS(=O)(=O)C2)c(C)c1N1CCN(C(=O)NC(C)(C)C)CC1. The summed E-state index contributed by atoms with van der Waals surface area (Å²) in [7, 11) is -2.95. The summed E-state index contributed by atoms with van der Waals surface area (Å²) in [6.45, 7) is 12.7. The highest BCUT2D eigenvalue weighted by atomic mass is 32.2. The normalized spacial score (nSPS) is 22.9. The Morgan fingerprint density at radius 2 is 1.78 bits per heavy atom. The van der Waals surface area contributed by atoms with E-state index in [2.05, 4.69) is 15.3 Å². The van der Waals surface area contributed by atoms with Gasteiger partial charge in [-0.3, -0.25) is 4.68 Å². The molecule has 1 atom stereocenters. The van der Waals surface area contributed by atoms with Gasteiger partial charge in [0.2, 0.25) is 0 Å². The molecule has 2 aliphatic heterocycles. The van der Waals surface area contributed by atoms with Gasteiger partial charge in [0.25, 0.3) is 0 Å². The van der Waals surface area contributed by atoms with E-state index in [4.69, 9.17) is 0 Å². The molecule has 2 saturated heterocycles. The fraction of sp³-hybridized carbons (Fsp3) is 0.778. The van der Waals surface area contributed by atoms with Gasteiger partial charge in [-0.05, 0) is 41.0 Å². The number of rotatable bonds is 2. The van der Waals surface area contributed by atoms with Crippen molar-refractivity contribution < 1.29 is 13.2 Å². The standard InChI is InChI=1S/C18H31N5O3S/c1-13-16(14(2)23(20-13)15-6-11-27(25,26)12-15)21-7-9-22(10-8-21)17(24)19-18(3,4)5/h15H,6-12H2,1-5H3,(H,19,24). The Balaban J connectivity index is 1.69. The van der Waals surface area contributed by atoms with Gasteiger partial charge < -0.3 is 15.1 Å². The number of nitrogens with one attached hydrogen (secondary N) is 1. The van der Waals surface area contributed by atoms with E-state index in [9.17, 15) is 13.2 Å². The molecule has 9 heteroatoms. The highest BCUT2D eigenvalue weighted by molar-refractivity contribution is 7.91. The number of aromatic nitrogens is 2. The lowest BCUT2D eigenvalue weighted by Gasteiger charge is -2.37. The third kappa shape index (κ3) is 4.39. The molecule has 2 amide bonds. The molecule has 27 heavy (non-hydrogen) atoms. The van der Waals surface area contributed by atoms with Gasteiger partial charge in [-0.1, -0.05) is 0 Å². The number of hydrogen-bond donors (Lipinski definition) is 1. The lowest BCUT2D eigenvalue weighted by Crippen LogP contribution is -2.55. The zero-order chi connectivity index (χ0) is 20.0. The summed E-state index contributed by atoms with van der Waals surface area (Å²) < 4.78 is 25.5. The highest BCUT2D eigenvalue weighted by Gasteiger charge is 2.33. The van der Waals surface area contributed by atoms with Crippen LogP contribution in [0.3, 0.4) is 0 Å². The molecule has 1 N–H and O–H groups in total. The molecule has 3 heterocycles. The molecule has 0 spiro atoms. The number of urea groups is 1. The molecule has 1 aromatic heterocycles. The molecule has 0 aromatic carbocycles. The van der Waals surface area contributed by atoms with Crippen molar-refractivity contribution in [2.24, 2.45) is 0 Å². The van der Waals surface area contributed by atoms with E-state index in [1.807, 2.05) is 44.2 Å². The molecule has 0 aliphatic carbocycles. The van der Waals surface area contributed by atoms with Crippen LogP contribution in [-0.4, -0.2) is 72.4 Å². The van der Waals surface area contributed by atoms with Gasteiger partial charge in [0.05, 0.1) is 34.6 Å². The van der Waals surface area contributed by atoms with Crippen molar-refractivity contribution in [3.05, 3.63) is 11.4 Å². The summed E-state index contributed by atoms with van der Waals surface area (Å²) in [6.07, 6.45) is 0.629. The lowest BCUT2D eigenvalue weighted by molar-refractivity contribution is 0.185. The number of sulfone groups is 1. The smallest absolute Gasteiger partial charge is 0.317 e. The molecule has 0 bridgehead atoms. The highest BCUT2D eigenvalue weighted by Crippen LogP contribution is 2.31. The summed E-state index contributed by atoms with van der Waals surface area (Å²) in [4.78, 5) is 16.5. The average molecular weight is 398 g/mol. The van der Waals surface area contributed by atoms with Gasteiger partial charge in [0, 0.05) is 31.7 Å². The number of amides is 2. The second kappa shape index (κ2) is 7.00. The van der Waals surface area contributed by atoms with Crippen LogP contribution < -0.4 is 10.2 Å². The maximum atomic E-state index is 12.4. The van der Waals surface area contributed by atoms with Crippen LogP contribution in [0.25, 0.3) is 0 Å². The first-order valence-corrected chi connectivity index (χ1v) is 11.4. The van der Waals surface area contributed by atoms with Crippen molar-refractivity contribution >= 4 is 21.6 Å². The van der Waals surface area contributed by atoms with Crippen LogP contribution in [-0.2, 0) is 9.84 Å². The van der Waals surface area contributed by atoms with Crippen molar-refractivity contribution in [2.45, 2.75) is 52.6 Å². The van der Waals surface area contributed by atoms with Crippen molar-refractivity contribution in [1.82, 2.24) is 20.0 Å². The molecule has 0 radical (unpaired) electrons. The van der Waals surface area contributed by atoms with E-state index in [1.165, 1.54) is 0 Å². The number of carbonyl (C=O) groups excluding carboxylic acids is 1. The van der Waals surface area contributed by atoms with Crippen LogP contribution in [0.5, 0.6) is 0 Å². The molecule has 152 valence electrons. The monoisotopic (exact) mass is 397 g/mol. The third-order valence-electron chi connectivity index (χ3n) is 5.21. The van der Waals surface area contributed by atoms with Crippen LogP contribution in [0.1, 0.15) is 44.6 Å². The number of anilines is 1. The third-order valence-corrected chi connectivity index (χ3v) is 6.96. The average Bonchev–Trinajstić information content (AvgIpc) is 3.05. The van der Waals surface area contributed by atoms with Crippen LogP contribution in [0.15, 0.2) is 0 Å². The molecule has 0 saturated carbocycles. The first-order chi connectivity index (χ1) is 12.5. The van der Waals surface area contributed by atoms with Gasteiger partial charge in [-0.2, -0.15) is 5.10 Å². The number of aryl methyl sites for hydroxylation is 1. The Hall–Kier alpha value is -1.77. The fourth-order valence-electron chi connectivity index (χ4n) is 3.97. The predicted molar refractivity (Wildman–Crippen MR) is 106 cm³/mol. The van der Waals surface area contributed by atoms with Crippen molar-refractivity contribution in [2.75, 3.05) is 42.6 Å². The van der Waals surface area contributed by atoms with Gasteiger partial charge in [0.15, 0.2) is 9.84 Å². The van der Waals surface area contributed by atoms with E-state index in [-0.39, 0.29) is 29.1 Å². The summed E-state index contributed by atoms with van der Waals surface area (Å²) in [6, 6.07) is -0.0937. The number of carbonyl (C=O) groups is 1. The van der Waals surface area contributed by atoms with Crippen LogP contribution in [0.2, 0.25) is 0 Å². The summed E-state index contributed by atoms with van der Waals surface area (Å²) in [5.41, 5.74) is 2.77. The van der Waals surface area contributed by atoms with Gasteiger partial charge in [-0.15, -0.1) is 0 Å². The minimum absolute atomic E-state index is 0.0255. The first-order valence-electron chi connectivity index (χ1n) is 9.55. The molecular formula is C18H31N5O3S. The van der Waals surface area contributed by atoms with Crippen molar-refractivity contribution in [3.8, 4) is 0 Å². The van der Waals surface area contributed by atoms with Gasteiger partial charge >= 0.3 is 6.03 Å². The fourth-order valence-corrected chi connectivity index (χ4v) is 5.66. The Bertz CT molecular complexity index is 817. The Kier molecular flexibility index (Phi) is 5.18. The number of piperazine rings is 1. The predicted octanol–water partition coefficient (Wildman–Crippen LogP) is 1.49. The summed E-state index contributed by atoms with van der Waals surface area (Å²) >= 11 is 0. The second-order valence-electron chi connectivity index (χ2n) is 8.68. The maximum Gasteiger partial charge on any atom is 0.317 e. The zero-order valence-electron chi connectivity index (χ0n) is 16.9. The van der Waals surface area contributed by atoms with E-state index < -0.39 is 9.84 Å². The zero-order valence-corrected chi connectivity index (χ0v) is 17.8. The Morgan fingerprint density at radius 1 is 1.15 bits per heavy atom. The maximum absolute atomic E-state index is 12.4. The molecule has 8 nitrogen and oxygen atoms in total. The Morgan fingerprint density at radius 3 is 2.30 bits per heavy atom. The first kappa shape index (κ1) is 20.0. The second-order valence-corrected chi connectivity index (χ2v) is 10.9. The molecular weight excluding hydrogens is 366 g/mol. The van der Waals surface area contributed by atoms with Gasteiger partial charge in [0.1, 0.15) is 0 Å². The molecule has 1 aromatic rings. The lowest BCUT2D eigenvalue weighted by atomic mass is 10.1. The minimum Gasteiger partial charge on any atom is -0.365 e. The molecule has 3 rings (SSSR count). The van der Waals surface area contributed by atoms with E-state index in [0.717, 1.165) is 30.2 Å². The van der Waals surface area contributed by atoms with E-state index in [1.54, 1.807) is 0 Å².